The number of nitrogens with zero attached hydrogens (tertiary/aromatic N) is 2. The Morgan fingerprint density at radius 2 is 1.58 bits per heavy atom. The summed E-state index contributed by atoms with van der Waals surface area (Å²) in [5.74, 6) is -2.12. The maximum absolute atomic E-state index is 12.4. The quantitative estimate of drug-likeness (QED) is 0.273. The van der Waals surface area contributed by atoms with Crippen LogP contribution in [0.15, 0.2) is 81.9 Å². The van der Waals surface area contributed by atoms with E-state index in [-0.39, 0.29) is 44.3 Å². The zero-order valence-electron chi connectivity index (χ0n) is 15.5. The summed E-state index contributed by atoms with van der Waals surface area (Å²) in [4.78, 5) is 11.0. The molecule has 31 heavy (non-hydrogen) atoms. The minimum absolute atomic E-state index is 0. The fraction of sp³-hybridized carbons (Fsp3) is 0. The van der Waals surface area contributed by atoms with E-state index in [1.54, 1.807) is 36.4 Å². The Morgan fingerprint density at radius 3 is 2.26 bits per heavy atom. The second-order valence-electron chi connectivity index (χ2n) is 6.44. The van der Waals surface area contributed by atoms with Gasteiger partial charge >= 0.3 is 17.1 Å². The molecule has 0 aliphatic heterocycles. The summed E-state index contributed by atoms with van der Waals surface area (Å²) < 4.78 is 32.7. The molecule has 1 radical (unpaired) electrons. The normalized spacial score (nSPS) is 11.6. The Hall–Kier alpha value is -3.30. The number of rotatable bonds is 4. The molecule has 1 N–H and O–H groups in total. The van der Waals surface area contributed by atoms with Gasteiger partial charge in [0, 0.05) is 16.3 Å². The monoisotopic (exact) mass is 475 g/mol. The fourth-order valence-corrected chi connectivity index (χ4v) is 3.94. The van der Waals surface area contributed by atoms with Gasteiger partial charge < -0.3 is 15.0 Å². The molecular weight excluding hydrogens is 463 g/mol. The van der Waals surface area contributed by atoms with E-state index in [1.807, 2.05) is 0 Å². The number of carboxylic acid groups (broad SMARTS) is 1. The van der Waals surface area contributed by atoms with Crippen molar-refractivity contribution in [3.63, 3.8) is 0 Å². The second-order valence-corrected chi connectivity index (χ2v) is 7.83. The zero-order chi connectivity index (χ0) is 21.5. The number of carboxylic acids is 1. The van der Waals surface area contributed by atoms with E-state index >= 15 is 0 Å². The Balaban J connectivity index is 0.00000272. The van der Waals surface area contributed by atoms with Crippen molar-refractivity contribution in [2.45, 2.75) is 4.90 Å². The summed E-state index contributed by atoms with van der Waals surface area (Å²) in [5.41, 5.74) is -0.0529. The molecule has 4 aromatic rings. The molecule has 10 heteroatoms. The standard InChI is InChI=1S/C21H14N2O6S.Mn/c24-18-11-17(21(25)26)14-5-1-2-6-15(14)20(18)23-22-13-9-8-12-4-3-7-19(16(12)10-13)30(27,28)29;/h1-11,24H,(H,25,26)(H,27,28,29);/q;+2/p-2. The maximum Gasteiger partial charge on any atom is 2.00 e. The minimum atomic E-state index is -4.45. The molecule has 0 saturated heterocycles. The average Bonchev–Trinajstić information content (AvgIpc) is 2.71. The van der Waals surface area contributed by atoms with Crippen molar-refractivity contribution < 1.29 is 45.0 Å². The van der Waals surface area contributed by atoms with Gasteiger partial charge in [-0.05, 0) is 29.0 Å². The summed E-state index contributed by atoms with van der Waals surface area (Å²) in [5, 5.41) is 33.2. The molecule has 0 aliphatic carbocycles. The van der Waals surface area contributed by atoms with Crippen molar-refractivity contribution in [1.82, 2.24) is 0 Å². The molecule has 0 heterocycles. The fourth-order valence-electron chi connectivity index (χ4n) is 3.23. The first-order valence-electron chi connectivity index (χ1n) is 8.62. The molecule has 0 atom stereocenters. The van der Waals surface area contributed by atoms with Crippen molar-refractivity contribution in [3.8, 4) is 5.75 Å². The number of benzene rings is 4. The minimum Gasteiger partial charge on any atom is -0.871 e. The first-order chi connectivity index (χ1) is 14.3. The maximum atomic E-state index is 12.4. The number of hydrogen-bond donors (Lipinski definition) is 1. The Kier molecular flexibility index (Phi) is 6.10. The van der Waals surface area contributed by atoms with Crippen LogP contribution >= 0.6 is 0 Å². The largest absolute Gasteiger partial charge is 2.00 e. The SMILES string of the molecule is O=C([O-])c1cc([O-])c(N=Nc2ccc3cccc(S(=O)(=O)O)c3c2)c2ccccc12.[Mn+2]. The van der Waals surface area contributed by atoms with E-state index in [4.69, 9.17) is 0 Å². The molecule has 0 spiro atoms. The third-order valence-electron chi connectivity index (χ3n) is 4.57. The number of carbonyl (C=O) groups excluding carboxylic acids is 1. The first-order valence-corrected chi connectivity index (χ1v) is 10.1. The predicted octanol–water partition coefficient (Wildman–Crippen LogP) is 3.09. The van der Waals surface area contributed by atoms with Crippen LogP contribution in [0.25, 0.3) is 21.5 Å². The third-order valence-corrected chi connectivity index (χ3v) is 5.48. The number of fused-ring (bicyclic) bond motifs is 2. The van der Waals surface area contributed by atoms with Gasteiger partial charge in [-0.2, -0.15) is 18.6 Å². The molecule has 8 nitrogen and oxygen atoms in total. The van der Waals surface area contributed by atoms with Crippen LogP contribution in [0.3, 0.4) is 0 Å². The van der Waals surface area contributed by atoms with Crippen LogP contribution in [-0.4, -0.2) is 18.9 Å². The summed E-state index contributed by atoms with van der Waals surface area (Å²) >= 11 is 0. The summed E-state index contributed by atoms with van der Waals surface area (Å²) in [6.07, 6.45) is 0. The van der Waals surface area contributed by atoms with Gasteiger partial charge in [-0.15, -0.1) is 0 Å². The van der Waals surface area contributed by atoms with Gasteiger partial charge in [-0.25, -0.2) is 0 Å². The Bertz CT molecular complexity index is 1470. The van der Waals surface area contributed by atoms with Crippen LogP contribution in [0.4, 0.5) is 11.4 Å². The average molecular weight is 475 g/mol. The first kappa shape index (κ1) is 22.4. The van der Waals surface area contributed by atoms with E-state index in [1.165, 1.54) is 24.3 Å². The summed E-state index contributed by atoms with van der Waals surface area (Å²) in [7, 11) is -4.45. The van der Waals surface area contributed by atoms with E-state index in [0.717, 1.165) is 6.07 Å². The molecular formula is C21H12MnN2O6S. The van der Waals surface area contributed by atoms with Gasteiger partial charge in [0.05, 0.1) is 17.3 Å². The number of aromatic carboxylic acids is 1. The molecule has 0 aromatic heterocycles. The van der Waals surface area contributed by atoms with Gasteiger partial charge in [0.15, 0.2) is 0 Å². The molecule has 0 bridgehead atoms. The molecule has 0 fully saturated rings. The molecule has 0 saturated carbocycles. The predicted molar refractivity (Wildman–Crippen MR) is 106 cm³/mol. The van der Waals surface area contributed by atoms with Crippen LogP contribution in [0.5, 0.6) is 5.75 Å². The third kappa shape index (κ3) is 4.28. The second kappa shape index (κ2) is 8.44. The topological polar surface area (TPSA) is 142 Å². The van der Waals surface area contributed by atoms with Gasteiger partial charge in [-0.3, -0.25) is 4.55 Å². The van der Waals surface area contributed by atoms with Crippen LogP contribution in [0.1, 0.15) is 10.4 Å². The van der Waals surface area contributed by atoms with Crippen molar-refractivity contribution in [2.24, 2.45) is 10.2 Å². The van der Waals surface area contributed by atoms with Crippen molar-refractivity contribution in [1.29, 1.82) is 0 Å². The van der Waals surface area contributed by atoms with E-state index < -0.39 is 21.8 Å². The van der Waals surface area contributed by atoms with Gasteiger partial charge in [-0.1, -0.05) is 54.3 Å². The molecule has 0 aliphatic rings. The van der Waals surface area contributed by atoms with Crippen molar-refractivity contribution in [3.05, 3.63) is 72.3 Å². The van der Waals surface area contributed by atoms with E-state index in [0.29, 0.717) is 16.2 Å². The molecule has 0 amide bonds. The van der Waals surface area contributed by atoms with Crippen LogP contribution < -0.4 is 10.2 Å². The van der Waals surface area contributed by atoms with Gasteiger partial charge in [0.25, 0.3) is 10.1 Å². The Morgan fingerprint density at radius 1 is 0.871 bits per heavy atom. The van der Waals surface area contributed by atoms with Gasteiger partial charge in [0.2, 0.25) is 0 Å². The van der Waals surface area contributed by atoms with E-state index in [9.17, 15) is 28.0 Å². The number of azo groups is 1. The summed E-state index contributed by atoms with van der Waals surface area (Å²) in [6, 6.07) is 16.3. The van der Waals surface area contributed by atoms with Crippen molar-refractivity contribution in [2.75, 3.05) is 0 Å². The van der Waals surface area contributed by atoms with Crippen molar-refractivity contribution >= 4 is 49.0 Å². The van der Waals surface area contributed by atoms with Crippen LogP contribution in [0.2, 0.25) is 0 Å². The molecule has 155 valence electrons. The zero-order valence-corrected chi connectivity index (χ0v) is 17.5. The smallest absolute Gasteiger partial charge is 0.871 e. The number of carbonyl (C=O) groups is 1. The molecule has 4 aromatic carbocycles. The van der Waals surface area contributed by atoms with Crippen LogP contribution in [-0.2, 0) is 27.2 Å². The van der Waals surface area contributed by atoms with Crippen LogP contribution in [0, 0.1) is 0 Å². The molecule has 0 unspecified atom stereocenters. The van der Waals surface area contributed by atoms with Gasteiger partial charge in [0.1, 0.15) is 4.90 Å². The molecule has 4 rings (SSSR count). The van der Waals surface area contributed by atoms with E-state index in [2.05, 4.69) is 10.2 Å². The Labute approximate surface area is 187 Å². The summed E-state index contributed by atoms with van der Waals surface area (Å²) in [6.45, 7) is 0. The number of hydrogen-bond acceptors (Lipinski definition) is 7.